The molecule has 18 heavy (non-hydrogen) atoms. The van der Waals surface area contributed by atoms with Crippen LogP contribution in [-0.2, 0) is 6.54 Å². The van der Waals surface area contributed by atoms with Gasteiger partial charge in [0.05, 0.1) is 12.1 Å². The van der Waals surface area contributed by atoms with Crippen molar-refractivity contribution >= 4 is 11.6 Å². The zero-order valence-electron chi connectivity index (χ0n) is 10.3. The average Bonchev–Trinajstić information content (AvgIpc) is 2.79. The van der Waals surface area contributed by atoms with Gasteiger partial charge in [0, 0.05) is 19.3 Å². The van der Waals surface area contributed by atoms with E-state index in [1.807, 2.05) is 0 Å². The average molecular weight is 237 g/mol. The van der Waals surface area contributed by atoms with Gasteiger partial charge in [0.1, 0.15) is 0 Å². The van der Waals surface area contributed by atoms with E-state index >= 15 is 0 Å². The van der Waals surface area contributed by atoms with Crippen LogP contribution >= 0.6 is 0 Å². The molecule has 2 heterocycles. The van der Waals surface area contributed by atoms with Crippen molar-refractivity contribution in [2.75, 3.05) is 11.9 Å². The van der Waals surface area contributed by atoms with Crippen molar-refractivity contribution in [3.05, 3.63) is 54.1 Å². The highest BCUT2D eigenvalue weighted by molar-refractivity contribution is 6.00. The number of para-hydroxylation sites is 1. The predicted molar refractivity (Wildman–Crippen MR) is 73.7 cm³/mol. The Bertz CT molecular complexity index is 585. The van der Waals surface area contributed by atoms with E-state index < -0.39 is 0 Å². The molecular formula is C15H15N3. The van der Waals surface area contributed by atoms with Crippen molar-refractivity contribution in [2.45, 2.75) is 18.6 Å². The van der Waals surface area contributed by atoms with Crippen LogP contribution in [0.25, 0.3) is 0 Å². The number of hydrogen-bond acceptors (Lipinski definition) is 3. The maximum atomic E-state index is 4.84. The number of hydrogen-bond donors (Lipinski definition) is 0. The first-order chi connectivity index (χ1) is 8.84. The lowest BCUT2D eigenvalue weighted by atomic mass is 10.0. The van der Waals surface area contributed by atoms with Crippen LogP contribution in [0.5, 0.6) is 0 Å². The van der Waals surface area contributed by atoms with E-state index in [1.54, 1.807) is 0 Å². The summed E-state index contributed by atoms with van der Waals surface area (Å²) in [7, 11) is 2.11. The molecule has 0 bridgehead atoms. The lowest BCUT2D eigenvalue weighted by Crippen LogP contribution is -2.47. The molecule has 3 nitrogen and oxygen atoms in total. The van der Waals surface area contributed by atoms with Crippen molar-refractivity contribution in [1.82, 2.24) is 4.90 Å². The number of rotatable bonds is 0. The zero-order chi connectivity index (χ0) is 12.1. The first-order valence-corrected chi connectivity index (χ1v) is 6.36. The van der Waals surface area contributed by atoms with Gasteiger partial charge in [-0.2, -0.15) is 0 Å². The monoisotopic (exact) mass is 237 g/mol. The minimum atomic E-state index is 0.279. The molecule has 0 N–H and O–H groups in total. The third kappa shape index (κ3) is 1.22. The predicted octanol–water partition coefficient (Wildman–Crippen LogP) is 2.17. The highest BCUT2D eigenvalue weighted by Crippen LogP contribution is 2.34. The molecule has 90 valence electrons. The molecule has 0 aromatic heterocycles. The zero-order valence-corrected chi connectivity index (χ0v) is 10.3. The lowest BCUT2D eigenvalue weighted by Gasteiger charge is -2.38. The minimum absolute atomic E-state index is 0.279. The smallest absolute Gasteiger partial charge is 0.202 e. The van der Waals surface area contributed by atoms with Crippen LogP contribution in [0.4, 0.5) is 5.69 Å². The summed E-state index contributed by atoms with van der Waals surface area (Å²) in [4.78, 5) is 9.45. The molecule has 3 aliphatic rings. The quantitative estimate of drug-likeness (QED) is 0.688. The highest BCUT2D eigenvalue weighted by atomic mass is 15.4. The van der Waals surface area contributed by atoms with Crippen LogP contribution in [-0.4, -0.2) is 30.0 Å². The van der Waals surface area contributed by atoms with E-state index in [0.717, 1.165) is 12.5 Å². The van der Waals surface area contributed by atoms with Gasteiger partial charge in [0.2, 0.25) is 5.96 Å². The molecule has 3 heteroatoms. The Morgan fingerprint density at radius 1 is 1.17 bits per heavy atom. The van der Waals surface area contributed by atoms with Gasteiger partial charge in [0.25, 0.3) is 0 Å². The van der Waals surface area contributed by atoms with Gasteiger partial charge < -0.3 is 9.80 Å². The molecule has 0 saturated heterocycles. The van der Waals surface area contributed by atoms with Crippen molar-refractivity contribution in [2.24, 2.45) is 4.99 Å². The number of fused-ring (bicyclic) bond motifs is 4. The topological polar surface area (TPSA) is 18.8 Å². The number of aliphatic imine (C=N–C) groups is 1. The molecule has 0 spiro atoms. The molecule has 2 unspecified atom stereocenters. The number of allylic oxidation sites excluding steroid dienone is 2. The SMILES string of the molecule is CN1C2=NC3C=CC=CC3N2Cc2ccccc21. The van der Waals surface area contributed by atoms with Gasteiger partial charge in [0.15, 0.2) is 0 Å². The Hall–Kier alpha value is -2.03. The fourth-order valence-corrected chi connectivity index (χ4v) is 3.05. The van der Waals surface area contributed by atoms with Crippen molar-refractivity contribution < 1.29 is 0 Å². The van der Waals surface area contributed by atoms with E-state index in [0.29, 0.717) is 6.04 Å². The second-order valence-corrected chi connectivity index (χ2v) is 5.00. The van der Waals surface area contributed by atoms with Crippen LogP contribution in [0.1, 0.15) is 5.56 Å². The molecule has 1 aromatic carbocycles. The van der Waals surface area contributed by atoms with Crippen LogP contribution < -0.4 is 4.90 Å². The fraction of sp³-hybridized carbons (Fsp3) is 0.267. The van der Waals surface area contributed by atoms with Crippen LogP contribution in [0.3, 0.4) is 0 Å². The Labute approximate surface area is 107 Å². The molecule has 1 aliphatic carbocycles. The molecule has 0 radical (unpaired) electrons. The molecular weight excluding hydrogens is 222 g/mol. The van der Waals surface area contributed by atoms with Crippen LogP contribution in [0.2, 0.25) is 0 Å². The minimum Gasteiger partial charge on any atom is -0.329 e. The molecule has 0 amide bonds. The normalized spacial score (nSPS) is 27.7. The summed E-state index contributed by atoms with van der Waals surface area (Å²) in [6, 6.07) is 9.25. The van der Waals surface area contributed by atoms with Gasteiger partial charge in [-0.25, -0.2) is 4.99 Å². The second-order valence-electron chi connectivity index (χ2n) is 5.00. The summed E-state index contributed by atoms with van der Waals surface area (Å²) in [6.45, 7) is 0.957. The number of nitrogens with zero attached hydrogens (tertiary/aromatic N) is 3. The molecule has 0 fully saturated rings. The second kappa shape index (κ2) is 3.48. The Morgan fingerprint density at radius 3 is 2.94 bits per heavy atom. The summed E-state index contributed by atoms with van der Waals surface area (Å²) in [5, 5.41) is 0. The van der Waals surface area contributed by atoms with Gasteiger partial charge in [-0.1, -0.05) is 42.5 Å². The molecule has 1 aromatic rings. The van der Waals surface area contributed by atoms with Crippen molar-refractivity contribution in [3.63, 3.8) is 0 Å². The van der Waals surface area contributed by atoms with E-state index in [4.69, 9.17) is 4.99 Å². The van der Waals surface area contributed by atoms with E-state index in [2.05, 4.69) is 65.4 Å². The van der Waals surface area contributed by atoms with Gasteiger partial charge in [-0.15, -0.1) is 0 Å². The first kappa shape index (κ1) is 9.95. The summed E-state index contributed by atoms with van der Waals surface area (Å²) in [5.74, 6) is 1.10. The molecule has 2 atom stereocenters. The molecule has 4 rings (SSSR count). The fourth-order valence-electron chi connectivity index (χ4n) is 3.05. The molecule has 2 aliphatic heterocycles. The van der Waals surface area contributed by atoms with E-state index in [-0.39, 0.29) is 6.04 Å². The third-order valence-corrected chi connectivity index (χ3v) is 3.95. The Morgan fingerprint density at radius 2 is 2.00 bits per heavy atom. The summed E-state index contributed by atoms with van der Waals surface area (Å²) < 4.78 is 0. The largest absolute Gasteiger partial charge is 0.329 e. The number of anilines is 1. The van der Waals surface area contributed by atoms with Gasteiger partial charge >= 0.3 is 0 Å². The maximum Gasteiger partial charge on any atom is 0.202 e. The standard InChI is InChI=1S/C15H15N3/c1-17-13-8-4-2-6-11(13)10-18-14-9-5-3-7-12(14)16-15(17)18/h2-9,12,14H,10H2,1H3. The van der Waals surface area contributed by atoms with Gasteiger partial charge in [-0.05, 0) is 11.6 Å². The van der Waals surface area contributed by atoms with Crippen molar-refractivity contribution in [1.29, 1.82) is 0 Å². The summed E-state index contributed by atoms with van der Waals surface area (Å²) in [6.07, 6.45) is 8.66. The van der Waals surface area contributed by atoms with Crippen LogP contribution in [0.15, 0.2) is 53.6 Å². The summed E-state index contributed by atoms with van der Waals surface area (Å²) >= 11 is 0. The first-order valence-electron chi connectivity index (χ1n) is 6.36. The molecule has 0 saturated carbocycles. The maximum absolute atomic E-state index is 4.84. The van der Waals surface area contributed by atoms with E-state index in [1.165, 1.54) is 11.3 Å². The van der Waals surface area contributed by atoms with Gasteiger partial charge in [-0.3, -0.25) is 0 Å². The Balaban J connectivity index is 1.81. The lowest BCUT2D eigenvalue weighted by molar-refractivity contribution is 0.353. The Kier molecular flexibility index (Phi) is 1.92. The summed E-state index contributed by atoms with van der Waals surface area (Å²) in [5.41, 5.74) is 2.65. The highest BCUT2D eigenvalue weighted by Gasteiger charge is 2.39. The number of benzene rings is 1. The van der Waals surface area contributed by atoms with E-state index in [9.17, 15) is 0 Å². The van der Waals surface area contributed by atoms with Crippen molar-refractivity contribution in [3.8, 4) is 0 Å². The van der Waals surface area contributed by atoms with Crippen LogP contribution in [0, 0.1) is 0 Å². The number of guanidine groups is 1. The third-order valence-electron chi connectivity index (χ3n) is 3.95.